The van der Waals surface area contributed by atoms with Gasteiger partial charge in [-0.2, -0.15) is 0 Å². The summed E-state index contributed by atoms with van der Waals surface area (Å²) in [6, 6.07) is 5.62. The van der Waals surface area contributed by atoms with E-state index in [0.717, 1.165) is 6.54 Å². The molecule has 0 spiro atoms. The second kappa shape index (κ2) is 7.51. The van der Waals surface area contributed by atoms with E-state index in [-0.39, 0.29) is 6.61 Å². The Bertz CT molecular complexity index is 442. The molecule has 2 unspecified atom stereocenters. The van der Waals surface area contributed by atoms with Gasteiger partial charge in [0.1, 0.15) is 18.5 Å². The first-order valence-electron chi connectivity index (χ1n) is 7.06. The molecule has 1 aromatic carbocycles. The van der Waals surface area contributed by atoms with Crippen LogP contribution in [0.5, 0.6) is 5.75 Å². The van der Waals surface area contributed by atoms with Crippen LogP contribution in [0.2, 0.25) is 10.0 Å². The fraction of sp³-hybridized carbons (Fsp3) is 0.600. The molecule has 0 bridgehead atoms. The molecular weight excluding hydrogens is 297 g/mol. The van der Waals surface area contributed by atoms with Gasteiger partial charge in [0, 0.05) is 17.6 Å². The highest BCUT2D eigenvalue weighted by Gasteiger charge is 2.21. The molecule has 0 aliphatic carbocycles. The largest absolute Gasteiger partial charge is 0.489 e. The van der Waals surface area contributed by atoms with Gasteiger partial charge in [0.15, 0.2) is 0 Å². The third-order valence-corrected chi connectivity index (χ3v) is 4.24. The van der Waals surface area contributed by atoms with E-state index in [9.17, 15) is 5.11 Å². The van der Waals surface area contributed by atoms with Gasteiger partial charge in [-0.15, -0.1) is 0 Å². The van der Waals surface area contributed by atoms with Crippen LogP contribution < -0.4 is 4.74 Å². The number of benzene rings is 1. The molecule has 1 N–H and O–H groups in total. The lowest BCUT2D eigenvalue weighted by Crippen LogP contribution is -2.43. The van der Waals surface area contributed by atoms with E-state index in [1.807, 2.05) is 0 Å². The predicted molar refractivity (Wildman–Crippen MR) is 82.8 cm³/mol. The van der Waals surface area contributed by atoms with Crippen LogP contribution >= 0.6 is 23.2 Å². The Morgan fingerprint density at radius 3 is 2.90 bits per heavy atom. The van der Waals surface area contributed by atoms with E-state index in [1.165, 1.54) is 19.3 Å². The second-order valence-corrected chi connectivity index (χ2v) is 6.22. The summed E-state index contributed by atoms with van der Waals surface area (Å²) >= 11 is 11.9. The van der Waals surface area contributed by atoms with E-state index in [2.05, 4.69) is 11.8 Å². The minimum absolute atomic E-state index is 0.241. The molecule has 2 rings (SSSR count). The molecule has 5 heteroatoms. The fourth-order valence-electron chi connectivity index (χ4n) is 2.53. The molecule has 1 heterocycles. The van der Waals surface area contributed by atoms with Crippen molar-refractivity contribution in [3.05, 3.63) is 28.2 Å². The average molecular weight is 318 g/mol. The van der Waals surface area contributed by atoms with Gasteiger partial charge >= 0.3 is 0 Å². The molecule has 112 valence electrons. The van der Waals surface area contributed by atoms with E-state index >= 15 is 0 Å². The molecule has 1 aliphatic rings. The van der Waals surface area contributed by atoms with E-state index in [4.69, 9.17) is 27.9 Å². The quantitative estimate of drug-likeness (QED) is 0.900. The summed E-state index contributed by atoms with van der Waals surface area (Å²) in [6.45, 7) is 4.15. The summed E-state index contributed by atoms with van der Waals surface area (Å²) in [4.78, 5) is 2.32. The molecular formula is C15H21Cl2NO2. The van der Waals surface area contributed by atoms with Crippen molar-refractivity contribution in [1.29, 1.82) is 0 Å². The number of aliphatic hydroxyl groups is 1. The van der Waals surface area contributed by atoms with Crippen LogP contribution in [0.4, 0.5) is 0 Å². The topological polar surface area (TPSA) is 32.7 Å². The van der Waals surface area contributed by atoms with Gasteiger partial charge in [0.25, 0.3) is 0 Å². The summed E-state index contributed by atoms with van der Waals surface area (Å²) in [5.74, 6) is 0.557. The Morgan fingerprint density at radius 2 is 2.20 bits per heavy atom. The molecule has 1 fully saturated rings. The zero-order chi connectivity index (χ0) is 14.5. The van der Waals surface area contributed by atoms with Gasteiger partial charge in [-0.25, -0.2) is 0 Å². The molecule has 0 aromatic heterocycles. The Labute approximate surface area is 130 Å². The summed E-state index contributed by atoms with van der Waals surface area (Å²) in [7, 11) is 0. The maximum atomic E-state index is 10.1. The minimum atomic E-state index is -0.512. The van der Waals surface area contributed by atoms with Gasteiger partial charge in [0.05, 0.1) is 5.02 Å². The van der Waals surface area contributed by atoms with E-state index in [1.54, 1.807) is 18.2 Å². The van der Waals surface area contributed by atoms with Crippen LogP contribution in [-0.4, -0.2) is 41.8 Å². The number of rotatable bonds is 5. The van der Waals surface area contributed by atoms with Crippen LogP contribution in [-0.2, 0) is 0 Å². The van der Waals surface area contributed by atoms with Crippen molar-refractivity contribution in [2.24, 2.45) is 0 Å². The highest BCUT2D eigenvalue weighted by molar-refractivity contribution is 6.35. The molecule has 0 amide bonds. The van der Waals surface area contributed by atoms with E-state index in [0.29, 0.717) is 28.4 Å². The normalized spacial score (nSPS) is 21.7. The molecule has 0 saturated carbocycles. The van der Waals surface area contributed by atoms with Gasteiger partial charge in [-0.3, -0.25) is 4.90 Å². The summed E-state index contributed by atoms with van der Waals surface area (Å²) in [5.41, 5.74) is 0. The van der Waals surface area contributed by atoms with Crippen molar-refractivity contribution in [3.63, 3.8) is 0 Å². The SMILES string of the molecule is CC1CCCCN1CC(O)COc1ccc(Cl)cc1Cl. The van der Waals surface area contributed by atoms with Gasteiger partial charge in [-0.1, -0.05) is 29.6 Å². The summed E-state index contributed by atoms with van der Waals surface area (Å²) < 4.78 is 5.56. The number of β-amino-alcohol motifs (C(OH)–C–C–N with tert-alkyl or cyclic N) is 1. The number of aliphatic hydroxyl groups excluding tert-OH is 1. The number of nitrogens with zero attached hydrogens (tertiary/aromatic N) is 1. The van der Waals surface area contributed by atoms with Gasteiger partial charge in [0.2, 0.25) is 0 Å². The highest BCUT2D eigenvalue weighted by Crippen LogP contribution is 2.27. The molecule has 20 heavy (non-hydrogen) atoms. The standard InChI is InChI=1S/C15H21Cl2NO2/c1-11-4-2-3-7-18(11)9-13(19)10-20-15-6-5-12(16)8-14(15)17/h5-6,8,11,13,19H,2-4,7,9-10H2,1H3. The lowest BCUT2D eigenvalue weighted by molar-refractivity contribution is 0.0438. The molecule has 1 aromatic rings. The molecule has 3 nitrogen and oxygen atoms in total. The van der Waals surface area contributed by atoms with Crippen LogP contribution in [0.15, 0.2) is 18.2 Å². The maximum absolute atomic E-state index is 10.1. The Morgan fingerprint density at radius 1 is 1.40 bits per heavy atom. The van der Waals surface area contributed by atoms with Crippen molar-refractivity contribution in [1.82, 2.24) is 4.90 Å². The third kappa shape index (κ3) is 4.52. The maximum Gasteiger partial charge on any atom is 0.138 e. The molecule has 1 saturated heterocycles. The number of likely N-dealkylation sites (tertiary alicyclic amines) is 1. The van der Waals surface area contributed by atoms with Gasteiger partial charge in [-0.05, 0) is 44.5 Å². The molecule has 1 aliphatic heterocycles. The zero-order valence-corrected chi connectivity index (χ0v) is 13.2. The van der Waals surface area contributed by atoms with E-state index < -0.39 is 6.10 Å². The van der Waals surface area contributed by atoms with Crippen LogP contribution in [0.1, 0.15) is 26.2 Å². The Hall–Kier alpha value is -0.480. The Kier molecular flexibility index (Phi) is 5.97. The highest BCUT2D eigenvalue weighted by atomic mass is 35.5. The van der Waals surface area contributed by atoms with Crippen LogP contribution in [0.25, 0.3) is 0 Å². The van der Waals surface area contributed by atoms with Crippen molar-refractivity contribution in [2.75, 3.05) is 19.7 Å². The summed E-state index contributed by atoms with van der Waals surface area (Å²) in [6.07, 6.45) is 3.18. The molecule has 0 radical (unpaired) electrons. The van der Waals surface area contributed by atoms with Gasteiger partial charge < -0.3 is 9.84 Å². The number of halogens is 2. The first-order valence-corrected chi connectivity index (χ1v) is 7.82. The number of hydrogen-bond donors (Lipinski definition) is 1. The molecule has 2 atom stereocenters. The smallest absolute Gasteiger partial charge is 0.138 e. The second-order valence-electron chi connectivity index (χ2n) is 5.38. The first-order chi connectivity index (χ1) is 9.56. The fourth-order valence-corrected chi connectivity index (χ4v) is 2.99. The minimum Gasteiger partial charge on any atom is -0.489 e. The lowest BCUT2D eigenvalue weighted by Gasteiger charge is -2.34. The number of ether oxygens (including phenoxy) is 1. The number of hydrogen-bond acceptors (Lipinski definition) is 3. The summed E-state index contributed by atoms with van der Waals surface area (Å²) in [5, 5.41) is 11.1. The number of piperidine rings is 1. The Balaban J connectivity index is 1.81. The average Bonchev–Trinajstić information content (AvgIpc) is 2.40. The van der Waals surface area contributed by atoms with Crippen molar-refractivity contribution < 1.29 is 9.84 Å². The lowest BCUT2D eigenvalue weighted by atomic mass is 10.0. The zero-order valence-electron chi connectivity index (χ0n) is 11.7. The van der Waals surface area contributed by atoms with Crippen LogP contribution in [0.3, 0.4) is 0 Å². The van der Waals surface area contributed by atoms with Crippen LogP contribution in [0, 0.1) is 0 Å². The van der Waals surface area contributed by atoms with Crippen molar-refractivity contribution in [3.8, 4) is 5.75 Å². The first kappa shape index (κ1) is 15.9. The third-order valence-electron chi connectivity index (χ3n) is 3.71. The predicted octanol–water partition coefficient (Wildman–Crippen LogP) is 3.61. The van der Waals surface area contributed by atoms with Crippen molar-refractivity contribution in [2.45, 2.75) is 38.3 Å². The monoisotopic (exact) mass is 317 g/mol. The van der Waals surface area contributed by atoms with Crippen molar-refractivity contribution >= 4 is 23.2 Å².